The van der Waals surface area contributed by atoms with Crippen molar-refractivity contribution in [2.45, 2.75) is 12.5 Å². The van der Waals surface area contributed by atoms with Gasteiger partial charge in [-0.2, -0.15) is 9.90 Å². The Bertz CT molecular complexity index is 946. The first kappa shape index (κ1) is 18.3. The van der Waals surface area contributed by atoms with E-state index in [-0.39, 0.29) is 18.3 Å². The van der Waals surface area contributed by atoms with Crippen LogP contribution in [0.4, 0.5) is 0 Å². The number of nitrogens with one attached hydrogen (secondary N) is 1. The maximum atomic E-state index is 12.6. The minimum absolute atomic E-state index is 0.0706. The van der Waals surface area contributed by atoms with Crippen LogP contribution in [-0.4, -0.2) is 47.6 Å². The summed E-state index contributed by atoms with van der Waals surface area (Å²) in [7, 11) is 1.60. The molecule has 0 amide bonds. The Morgan fingerprint density at radius 1 is 1.29 bits per heavy atom. The maximum Gasteiger partial charge on any atom is 0.189 e. The van der Waals surface area contributed by atoms with Gasteiger partial charge in [-0.1, -0.05) is 30.3 Å². The molecular weight excluding hydrogens is 356 g/mol. The van der Waals surface area contributed by atoms with E-state index in [2.05, 4.69) is 15.5 Å². The van der Waals surface area contributed by atoms with E-state index in [0.717, 1.165) is 29.9 Å². The molecule has 28 heavy (non-hydrogen) atoms. The number of carbonyl (C=O) groups is 1. The van der Waals surface area contributed by atoms with Crippen molar-refractivity contribution in [3.8, 4) is 11.4 Å². The fourth-order valence-corrected chi connectivity index (χ4v) is 3.16. The predicted molar refractivity (Wildman–Crippen MR) is 104 cm³/mol. The molecular formula is C21H22N4O3. The third kappa shape index (κ3) is 4.11. The molecule has 1 aliphatic rings. The average Bonchev–Trinajstić information content (AvgIpc) is 3.25. The van der Waals surface area contributed by atoms with E-state index in [0.29, 0.717) is 18.1 Å². The smallest absolute Gasteiger partial charge is 0.189 e. The maximum absolute atomic E-state index is 12.6. The lowest BCUT2D eigenvalue weighted by Gasteiger charge is -2.24. The molecule has 144 valence electrons. The summed E-state index contributed by atoms with van der Waals surface area (Å²) in [5, 5.41) is 11.8. The number of methoxy groups -OCH3 is 1. The van der Waals surface area contributed by atoms with E-state index in [9.17, 15) is 4.79 Å². The highest BCUT2D eigenvalue weighted by atomic mass is 16.5. The van der Waals surface area contributed by atoms with Gasteiger partial charge in [0.2, 0.25) is 0 Å². The number of nitrogens with zero attached hydrogens (tertiary/aromatic N) is 3. The first-order chi connectivity index (χ1) is 13.7. The van der Waals surface area contributed by atoms with Crippen molar-refractivity contribution in [1.82, 2.24) is 20.3 Å². The molecule has 0 bridgehead atoms. The average molecular weight is 378 g/mol. The lowest BCUT2D eigenvalue weighted by Crippen LogP contribution is -2.33. The number of rotatable bonds is 6. The van der Waals surface area contributed by atoms with E-state index < -0.39 is 0 Å². The van der Waals surface area contributed by atoms with Crippen molar-refractivity contribution in [2.24, 2.45) is 0 Å². The first-order valence-corrected chi connectivity index (χ1v) is 9.24. The molecule has 7 heteroatoms. The summed E-state index contributed by atoms with van der Waals surface area (Å²) in [4.78, 5) is 14.0. The number of benzene rings is 2. The van der Waals surface area contributed by atoms with Gasteiger partial charge in [0.15, 0.2) is 5.78 Å². The van der Waals surface area contributed by atoms with Crippen molar-refractivity contribution in [3.63, 3.8) is 0 Å². The lowest BCUT2D eigenvalue weighted by atomic mass is 10.0. The number of hydrogen-bond acceptors (Lipinski definition) is 6. The molecule has 4 rings (SSSR count). The SMILES string of the molecule is COc1cccc(-n2ncc(C(=O)Cc3ccc([C@H]4CNCCO4)cc3)n2)c1. The monoisotopic (exact) mass is 378 g/mol. The highest BCUT2D eigenvalue weighted by molar-refractivity contribution is 5.95. The standard InChI is InChI=1S/C21H22N4O3/c1-27-18-4-2-3-17(12-18)25-23-13-19(24-25)20(26)11-15-5-7-16(8-6-15)21-14-22-9-10-28-21/h2-8,12-13,21-22H,9-11,14H2,1H3/t21-/m1/s1. The van der Waals surface area contributed by atoms with Gasteiger partial charge >= 0.3 is 0 Å². The number of ketones is 1. The molecule has 2 aromatic carbocycles. The van der Waals surface area contributed by atoms with Crippen LogP contribution >= 0.6 is 0 Å². The number of morpholine rings is 1. The van der Waals surface area contributed by atoms with E-state index in [1.54, 1.807) is 7.11 Å². The second kappa shape index (κ2) is 8.33. The summed E-state index contributed by atoms with van der Waals surface area (Å²) in [6.07, 6.45) is 1.85. The summed E-state index contributed by atoms with van der Waals surface area (Å²) in [5.74, 6) is 0.636. The Balaban J connectivity index is 1.43. The third-order valence-corrected chi connectivity index (χ3v) is 4.71. The van der Waals surface area contributed by atoms with Gasteiger partial charge in [-0.3, -0.25) is 4.79 Å². The van der Waals surface area contributed by atoms with E-state index >= 15 is 0 Å². The molecule has 1 atom stereocenters. The van der Waals surface area contributed by atoms with Crippen LogP contribution in [0.5, 0.6) is 5.75 Å². The molecule has 1 aliphatic heterocycles. The number of Topliss-reactive ketones (excluding diaryl/α,β-unsaturated/α-hetero) is 1. The van der Waals surface area contributed by atoms with Crippen molar-refractivity contribution in [2.75, 3.05) is 26.8 Å². The van der Waals surface area contributed by atoms with E-state index in [1.807, 2.05) is 48.5 Å². The minimum atomic E-state index is -0.0718. The molecule has 1 aromatic heterocycles. The molecule has 1 fully saturated rings. The van der Waals surface area contributed by atoms with Crippen molar-refractivity contribution in [1.29, 1.82) is 0 Å². The van der Waals surface area contributed by atoms with Crippen LogP contribution in [-0.2, 0) is 11.2 Å². The molecule has 0 spiro atoms. The van der Waals surface area contributed by atoms with Crippen molar-refractivity contribution in [3.05, 3.63) is 71.5 Å². The quantitative estimate of drug-likeness (QED) is 0.664. The zero-order valence-corrected chi connectivity index (χ0v) is 15.7. The van der Waals surface area contributed by atoms with Gasteiger partial charge in [-0.25, -0.2) is 0 Å². The molecule has 1 saturated heterocycles. The Labute approximate surface area is 163 Å². The van der Waals surface area contributed by atoms with E-state index in [4.69, 9.17) is 9.47 Å². The van der Waals surface area contributed by atoms with Crippen LogP contribution in [0.25, 0.3) is 5.69 Å². The van der Waals surface area contributed by atoms with Crippen LogP contribution in [0.3, 0.4) is 0 Å². The largest absolute Gasteiger partial charge is 0.497 e. The van der Waals surface area contributed by atoms with Crippen LogP contribution < -0.4 is 10.1 Å². The molecule has 1 N–H and O–H groups in total. The fourth-order valence-electron chi connectivity index (χ4n) is 3.16. The number of hydrogen-bond donors (Lipinski definition) is 1. The fraction of sp³-hybridized carbons (Fsp3) is 0.286. The molecule has 2 heterocycles. The molecule has 0 radical (unpaired) electrons. The molecule has 7 nitrogen and oxygen atoms in total. The van der Waals surface area contributed by atoms with E-state index in [1.165, 1.54) is 11.0 Å². The number of carbonyl (C=O) groups excluding carboxylic acids is 1. The summed E-state index contributed by atoms with van der Waals surface area (Å²) >= 11 is 0. The molecule has 3 aromatic rings. The molecule has 0 aliphatic carbocycles. The van der Waals surface area contributed by atoms with Crippen LogP contribution in [0.2, 0.25) is 0 Å². The van der Waals surface area contributed by atoms with Gasteiger partial charge in [0.05, 0.1) is 31.7 Å². The third-order valence-electron chi connectivity index (χ3n) is 4.71. The Morgan fingerprint density at radius 2 is 2.14 bits per heavy atom. The lowest BCUT2D eigenvalue weighted by molar-refractivity contribution is 0.0277. The topological polar surface area (TPSA) is 78.3 Å². The first-order valence-electron chi connectivity index (χ1n) is 9.24. The molecule has 0 unspecified atom stereocenters. The van der Waals surface area contributed by atoms with Crippen LogP contribution in [0, 0.1) is 0 Å². The van der Waals surface area contributed by atoms with Crippen molar-refractivity contribution >= 4 is 5.78 Å². The Hall–Kier alpha value is -3.03. The highest BCUT2D eigenvalue weighted by Gasteiger charge is 2.16. The van der Waals surface area contributed by atoms with Gasteiger partial charge in [-0.15, -0.1) is 5.10 Å². The Morgan fingerprint density at radius 3 is 2.89 bits per heavy atom. The van der Waals surface area contributed by atoms with Gasteiger partial charge in [0.25, 0.3) is 0 Å². The van der Waals surface area contributed by atoms with Gasteiger partial charge in [0.1, 0.15) is 11.4 Å². The second-order valence-electron chi connectivity index (χ2n) is 6.63. The number of aromatic nitrogens is 3. The minimum Gasteiger partial charge on any atom is -0.497 e. The summed E-state index contributed by atoms with van der Waals surface area (Å²) < 4.78 is 11.0. The van der Waals surface area contributed by atoms with Gasteiger partial charge < -0.3 is 14.8 Å². The highest BCUT2D eigenvalue weighted by Crippen LogP contribution is 2.20. The van der Waals surface area contributed by atoms with Gasteiger partial charge in [0, 0.05) is 25.6 Å². The van der Waals surface area contributed by atoms with Crippen molar-refractivity contribution < 1.29 is 14.3 Å². The summed E-state index contributed by atoms with van der Waals surface area (Å²) in [5.41, 5.74) is 3.14. The zero-order valence-electron chi connectivity index (χ0n) is 15.7. The van der Waals surface area contributed by atoms with Gasteiger partial charge in [-0.05, 0) is 23.3 Å². The van der Waals surface area contributed by atoms with Crippen LogP contribution in [0.1, 0.15) is 27.7 Å². The Kier molecular flexibility index (Phi) is 5.45. The zero-order chi connectivity index (χ0) is 19.3. The predicted octanol–water partition coefficient (Wildman–Crippen LogP) is 2.36. The summed E-state index contributed by atoms with van der Waals surface area (Å²) in [6.45, 7) is 2.42. The molecule has 0 saturated carbocycles. The summed E-state index contributed by atoms with van der Waals surface area (Å²) in [6, 6.07) is 15.4. The second-order valence-corrected chi connectivity index (χ2v) is 6.63. The van der Waals surface area contributed by atoms with Crippen LogP contribution in [0.15, 0.2) is 54.7 Å². The number of ether oxygens (including phenoxy) is 2. The normalized spacial score (nSPS) is 16.7.